The second kappa shape index (κ2) is 8.37. The predicted octanol–water partition coefficient (Wildman–Crippen LogP) is 3.96. The van der Waals surface area contributed by atoms with Crippen molar-refractivity contribution >= 4 is 29.0 Å². The number of ketones is 1. The molecule has 1 heterocycles. The number of carbonyl (C=O) groups is 2. The Labute approximate surface area is 159 Å². The van der Waals surface area contributed by atoms with Gasteiger partial charge in [0.15, 0.2) is 5.78 Å². The highest BCUT2D eigenvalue weighted by Gasteiger charge is 2.22. The molecule has 2 aromatic rings. The molecule has 0 radical (unpaired) electrons. The molecule has 0 unspecified atom stereocenters. The molecule has 0 spiro atoms. The lowest BCUT2D eigenvalue weighted by Gasteiger charge is -2.37. The maximum atomic E-state index is 12.4. The van der Waals surface area contributed by atoms with Gasteiger partial charge in [0.1, 0.15) is 0 Å². The van der Waals surface area contributed by atoms with E-state index < -0.39 is 0 Å². The highest BCUT2D eigenvalue weighted by atomic mass is 35.5. The highest BCUT2D eigenvalue weighted by molar-refractivity contribution is 6.30. The third-order valence-electron chi connectivity index (χ3n) is 4.81. The lowest BCUT2D eigenvalue weighted by Crippen LogP contribution is -2.49. The first kappa shape index (κ1) is 18.5. The van der Waals surface area contributed by atoms with Gasteiger partial charge in [-0.1, -0.05) is 48.0 Å². The van der Waals surface area contributed by atoms with Crippen molar-refractivity contribution in [3.8, 4) is 0 Å². The normalized spacial score (nSPS) is 14.4. The van der Waals surface area contributed by atoms with Crippen molar-refractivity contribution in [1.29, 1.82) is 0 Å². The zero-order valence-corrected chi connectivity index (χ0v) is 15.7. The van der Waals surface area contributed by atoms with Crippen molar-refractivity contribution in [3.63, 3.8) is 0 Å². The molecule has 4 nitrogen and oxygen atoms in total. The summed E-state index contributed by atoms with van der Waals surface area (Å²) < 4.78 is 0. The predicted molar refractivity (Wildman–Crippen MR) is 105 cm³/mol. The van der Waals surface area contributed by atoms with E-state index in [0.29, 0.717) is 18.7 Å². The Balaban J connectivity index is 1.51. The van der Waals surface area contributed by atoms with Gasteiger partial charge in [-0.25, -0.2) is 0 Å². The van der Waals surface area contributed by atoms with E-state index in [2.05, 4.69) is 11.8 Å². The Morgan fingerprint density at radius 1 is 0.962 bits per heavy atom. The van der Waals surface area contributed by atoms with Crippen LogP contribution in [0.15, 0.2) is 48.5 Å². The van der Waals surface area contributed by atoms with Crippen LogP contribution in [0.2, 0.25) is 5.02 Å². The first-order valence-electron chi connectivity index (χ1n) is 8.92. The molecule has 0 aromatic heterocycles. The number of amides is 1. The van der Waals surface area contributed by atoms with Crippen LogP contribution in [-0.2, 0) is 4.79 Å². The number of piperazine rings is 1. The van der Waals surface area contributed by atoms with Gasteiger partial charge in [-0.2, -0.15) is 0 Å². The van der Waals surface area contributed by atoms with Crippen LogP contribution in [0.1, 0.15) is 28.8 Å². The smallest absolute Gasteiger partial charge is 0.223 e. The summed E-state index contributed by atoms with van der Waals surface area (Å²) in [6, 6.07) is 15.0. The van der Waals surface area contributed by atoms with E-state index in [-0.39, 0.29) is 24.5 Å². The van der Waals surface area contributed by atoms with Crippen LogP contribution in [0.3, 0.4) is 0 Å². The summed E-state index contributed by atoms with van der Waals surface area (Å²) in [5.74, 6) is 0.0730. The molecule has 1 amide bonds. The van der Waals surface area contributed by atoms with E-state index in [1.807, 2.05) is 41.3 Å². The van der Waals surface area contributed by atoms with E-state index in [1.165, 1.54) is 5.56 Å². The van der Waals surface area contributed by atoms with E-state index in [0.717, 1.165) is 23.8 Å². The molecule has 26 heavy (non-hydrogen) atoms. The van der Waals surface area contributed by atoms with Crippen LogP contribution >= 0.6 is 11.6 Å². The molecule has 1 saturated heterocycles. The maximum absolute atomic E-state index is 12.4. The maximum Gasteiger partial charge on any atom is 0.223 e. The average molecular weight is 371 g/mol. The van der Waals surface area contributed by atoms with Crippen molar-refractivity contribution in [3.05, 3.63) is 64.7 Å². The molecule has 2 aromatic carbocycles. The minimum atomic E-state index is 0.0205. The van der Waals surface area contributed by atoms with Crippen LogP contribution in [0.4, 0.5) is 5.69 Å². The van der Waals surface area contributed by atoms with Gasteiger partial charge in [0.2, 0.25) is 5.91 Å². The van der Waals surface area contributed by atoms with Crippen LogP contribution in [0, 0.1) is 6.92 Å². The zero-order chi connectivity index (χ0) is 18.5. The summed E-state index contributed by atoms with van der Waals surface area (Å²) in [5.41, 5.74) is 2.98. The molecule has 0 aliphatic carbocycles. The van der Waals surface area contributed by atoms with Crippen molar-refractivity contribution in [2.24, 2.45) is 0 Å². The van der Waals surface area contributed by atoms with E-state index >= 15 is 0 Å². The number of nitrogens with zero attached hydrogens (tertiary/aromatic N) is 2. The van der Waals surface area contributed by atoms with Gasteiger partial charge in [-0.05, 0) is 24.6 Å². The first-order valence-corrected chi connectivity index (χ1v) is 9.29. The third kappa shape index (κ3) is 4.44. The van der Waals surface area contributed by atoms with Crippen molar-refractivity contribution in [2.75, 3.05) is 31.1 Å². The summed E-state index contributed by atoms with van der Waals surface area (Å²) in [7, 11) is 0. The molecule has 1 fully saturated rings. The quantitative estimate of drug-likeness (QED) is 0.748. The Morgan fingerprint density at radius 2 is 1.65 bits per heavy atom. The zero-order valence-electron chi connectivity index (χ0n) is 15.0. The number of hydrogen-bond acceptors (Lipinski definition) is 3. The standard InChI is InChI=1S/C21H23ClN2O2/c1-16-7-8-18(22)15-19(16)23-11-13-24(14-12-23)21(26)10-9-20(25)17-5-3-2-4-6-17/h2-8,15H,9-14H2,1H3. The Bertz CT molecular complexity index is 784. The summed E-state index contributed by atoms with van der Waals surface area (Å²) in [4.78, 5) is 28.7. The Hall–Kier alpha value is -2.33. The third-order valence-corrected chi connectivity index (χ3v) is 5.04. The second-order valence-electron chi connectivity index (χ2n) is 6.59. The largest absolute Gasteiger partial charge is 0.368 e. The molecule has 1 aliphatic heterocycles. The molecule has 0 N–H and O–H groups in total. The summed E-state index contributed by atoms with van der Waals surface area (Å²) >= 11 is 6.11. The molecule has 0 saturated carbocycles. The molecule has 3 rings (SSSR count). The van der Waals surface area contributed by atoms with Gasteiger partial charge in [0, 0.05) is 55.3 Å². The lowest BCUT2D eigenvalue weighted by molar-refractivity contribution is -0.131. The summed E-state index contributed by atoms with van der Waals surface area (Å²) in [6.07, 6.45) is 0.528. The van der Waals surface area contributed by atoms with E-state index in [4.69, 9.17) is 11.6 Å². The Kier molecular flexibility index (Phi) is 5.94. The molecule has 0 atom stereocenters. The first-order chi connectivity index (χ1) is 12.5. The number of benzene rings is 2. The van der Waals surface area contributed by atoms with Gasteiger partial charge >= 0.3 is 0 Å². The highest BCUT2D eigenvalue weighted by Crippen LogP contribution is 2.25. The van der Waals surface area contributed by atoms with Gasteiger partial charge in [0.25, 0.3) is 0 Å². The van der Waals surface area contributed by atoms with Crippen molar-refractivity contribution < 1.29 is 9.59 Å². The molecule has 5 heteroatoms. The van der Waals surface area contributed by atoms with Gasteiger partial charge in [-0.3, -0.25) is 9.59 Å². The van der Waals surface area contributed by atoms with Crippen LogP contribution in [0.5, 0.6) is 0 Å². The fourth-order valence-corrected chi connectivity index (χ4v) is 3.43. The number of rotatable bonds is 5. The number of aryl methyl sites for hydroxylation is 1. The van der Waals surface area contributed by atoms with Gasteiger partial charge in [-0.15, -0.1) is 0 Å². The number of Topliss-reactive ketones (excluding diaryl/α,β-unsaturated/α-hetero) is 1. The molecule has 1 aliphatic rings. The molecule has 0 bridgehead atoms. The number of halogens is 1. The van der Waals surface area contributed by atoms with Crippen molar-refractivity contribution in [1.82, 2.24) is 4.90 Å². The molecular weight excluding hydrogens is 348 g/mol. The monoisotopic (exact) mass is 370 g/mol. The van der Waals surface area contributed by atoms with Crippen LogP contribution in [-0.4, -0.2) is 42.8 Å². The van der Waals surface area contributed by atoms with Gasteiger partial charge < -0.3 is 9.80 Å². The topological polar surface area (TPSA) is 40.6 Å². The number of hydrogen-bond donors (Lipinski definition) is 0. The minimum Gasteiger partial charge on any atom is -0.368 e. The fourth-order valence-electron chi connectivity index (χ4n) is 3.27. The van der Waals surface area contributed by atoms with Crippen LogP contribution < -0.4 is 4.90 Å². The molecule has 136 valence electrons. The fraction of sp³-hybridized carbons (Fsp3) is 0.333. The minimum absolute atomic E-state index is 0.0205. The van der Waals surface area contributed by atoms with Gasteiger partial charge in [0.05, 0.1) is 0 Å². The SMILES string of the molecule is Cc1ccc(Cl)cc1N1CCN(C(=O)CCC(=O)c2ccccc2)CC1. The summed E-state index contributed by atoms with van der Waals surface area (Å²) in [6.45, 7) is 4.96. The molecular formula is C21H23ClN2O2. The lowest BCUT2D eigenvalue weighted by atomic mass is 10.1. The van der Waals surface area contributed by atoms with Crippen LogP contribution in [0.25, 0.3) is 0 Å². The summed E-state index contributed by atoms with van der Waals surface area (Å²) in [5, 5.41) is 0.725. The van der Waals surface area contributed by atoms with E-state index in [1.54, 1.807) is 12.1 Å². The number of carbonyl (C=O) groups excluding carboxylic acids is 2. The second-order valence-corrected chi connectivity index (χ2v) is 7.02. The Morgan fingerprint density at radius 3 is 2.35 bits per heavy atom. The average Bonchev–Trinajstić information content (AvgIpc) is 2.68. The van der Waals surface area contributed by atoms with Crippen molar-refractivity contribution in [2.45, 2.75) is 19.8 Å². The number of anilines is 1. The van der Waals surface area contributed by atoms with E-state index in [9.17, 15) is 9.59 Å².